The van der Waals surface area contributed by atoms with Gasteiger partial charge in [-0.25, -0.2) is 4.79 Å². The molecule has 0 aromatic heterocycles. The molecule has 0 unspecified atom stereocenters. The summed E-state index contributed by atoms with van der Waals surface area (Å²) >= 11 is 0. The normalized spacial score (nSPS) is 11.1. The van der Waals surface area contributed by atoms with E-state index in [4.69, 9.17) is 5.11 Å². The van der Waals surface area contributed by atoms with Gasteiger partial charge in [-0.05, 0) is 17.5 Å². The Hall–Kier alpha value is -2.11. The molecule has 0 aliphatic heterocycles. The monoisotopic (exact) mass is 252 g/mol. The van der Waals surface area contributed by atoms with Crippen molar-refractivity contribution >= 4 is 17.3 Å². The van der Waals surface area contributed by atoms with Crippen LogP contribution in [0.4, 0.5) is 11.4 Å². The van der Waals surface area contributed by atoms with Crippen LogP contribution in [0.1, 0.15) is 31.1 Å². The van der Waals surface area contributed by atoms with Crippen LogP contribution in [0.15, 0.2) is 18.2 Å². The minimum absolute atomic E-state index is 0.0280. The molecule has 1 aromatic carbocycles. The molecule has 0 saturated carbocycles. The Morgan fingerprint density at radius 1 is 1.44 bits per heavy atom. The molecule has 6 nitrogen and oxygen atoms in total. The summed E-state index contributed by atoms with van der Waals surface area (Å²) in [7, 11) is 0. The molecule has 0 atom stereocenters. The van der Waals surface area contributed by atoms with Crippen LogP contribution in [0.3, 0.4) is 0 Å². The molecule has 1 aromatic rings. The first-order chi connectivity index (χ1) is 8.20. The lowest BCUT2D eigenvalue weighted by atomic mass is 9.97. The van der Waals surface area contributed by atoms with E-state index in [2.05, 4.69) is 5.32 Å². The third-order valence-corrected chi connectivity index (χ3v) is 2.25. The van der Waals surface area contributed by atoms with Gasteiger partial charge in [0.15, 0.2) is 0 Å². The highest BCUT2D eigenvalue weighted by Crippen LogP contribution is 2.24. The van der Waals surface area contributed by atoms with Crippen molar-refractivity contribution in [3.8, 4) is 0 Å². The number of nitro groups is 1. The first kappa shape index (κ1) is 14.0. The molecule has 0 amide bonds. The van der Waals surface area contributed by atoms with Gasteiger partial charge < -0.3 is 10.4 Å². The van der Waals surface area contributed by atoms with Crippen LogP contribution in [0, 0.1) is 15.5 Å². The van der Waals surface area contributed by atoms with Crippen molar-refractivity contribution in [2.24, 2.45) is 5.41 Å². The highest BCUT2D eigenvalue weighted by molar-refractivity contribution is 5.93. The number of nitrogens with zero attached hydrogens (tertiary/aromatic N) is 1. The zero-order valence-corrected chi connectivity index (χ0v) is 10.6. The van der Waals surface area contributed by atoms with Crippen LogP contribution in [0.25, 0.3) is 0 Å². The van der Waals surface area contributed by atoms with E-state index in [1.807, 2.05) is 20.8 Å². The molecule has 0 bridgehead atoms. The molecule has 0 aliphatic rings. The van der Waals surface area contributed by atoms with Crippen LogP contribution in [-0.2, 0) is 0 Å². The van der Waals surface area contributed by atoms with Gasteiger partial charge in [-0.1, -0.05) is 20.8 Å². The van der Waals surface area contributed by atoms with E-state index in [0.29, 0.717) is 12.2 Å². The summed E-state index contributed by atoms with van der Waals surface area (Å²) in [5.41, 5.74) is -0.135. The molecular formula is C12H16N2O4. The van der Waals surface area contributed by atoms with Gasteiger partial charge in [-0.2, -0.15) is 0 Å². The van der Waals surface area contributed by atoms with Crippen LogP contribution in [-0.4, -0.2) is 22.5 Å². The van der Waals surface area contributed by atoms with Gasteiger partial charge in [-0.3, -0.25) is 10.1 Å². The molecule has 1 rings (SSSR count). The van der Waals surface area contributed by atoms with Crippen molar-refractivity contribution in [2.45, 2.75) is 20.8 Å². The van der Waals surface area contributed by atoms with Gasteiger partial charge in [-0.15, -0.1) is 0 Å². The Kier molecular flexibility index (Phi) is 3.90. The van der Waals surface area contributed by atoms with Gasteiger partial charge in [0, 0.05) is 18.3 Å². The standard InChI is InChI=1S/C12H16N2O4/c1-12(2,3)7-13-8-4-5-9(11(15)16)10(6-8)14(17)18/h4-6,13H,7H2,1-3H3,(H,15,16). The number of nitro benzene ring substituents is 1. The molecule has 0 saturated heterocycles. The number of aromatic carboxylic acids is 1. The second kappa shape index (κ2) is 5.03. The number of benzene rings is 1. The number of carboxylic acid groups (broad SMARTS) is 1. The number of hydrogen-bond acceptors (Lipinski definition) is 4. The maximum Gasteiger partial charge on any atom is 0.342 e. The number of rotatable bonds is 4. The molecule has 0 aliphatic carbocycles. The Labute approximate surface area is 105 Å². The Balaban J connectivity index is 3.01. The molecule has 2 N–H and O–H groups in total. The van der Waals surface area contributed by atoms with Gasteiger partial charge in [0.05, 0.1) is 4.92 Å². The number of hydrogen-bond donors (Lipinski definition) is 2. The Bertz CT molecular complexity index is 477. The first-order valence-corrected chi connectivity index (χ1v) is 5.46. The lowest BCUT2D eigenvalue weighted by Crippen LogP contribution is -2.19. The third-order valence-electron chi connectivity index (χ3n) is 2.25. The smallest absolute Gasteiger partial charge is 0.342 e. The molecular weight excluding hydrogens is 236 g/mol. The molecule has 0 radical (unpaired) electrons. The fraction of sp³-hybridized carbons (Fsp3) is 0.417. The minimum atomic E-state index is -1.30. The van der Waals surface area contributed by atoms with Crippen molar-refractivity contribution in [3.05, 3.63) is 33.9 Å². The average Bonchev–Trinajstić information content (AvgIpc) is 2.24. The van der Waals surface area contributed by atoms with Crippen molar-refractivity contribution in [2.75, 3.05) is 11.9 Å². The number of anilines is 1. The van der Waals surface area contributed by atoms with E-state index < -0.39 is 16.6 Å². The number of carbonyl (C=O) groups is 1. The molecule has 0 spiro atoms. The second-order valence-electron chi connectivity index (χ2n) is 5.21. The Morgan fingerprint density at radius 3 is 2.50 bits per heavy atom. The Morgan fingerprint density at radius 2 is 2.06 bits per heavy atom. The topological polar surface area (TPSA) is 92.5 Å². The van der Waals surface area contributed by atoms with Crippen LogP contribution < -0.4 is 5.32 Å². The van der Waals surface area contributed by atoms with Crippen molar-refractivity contribution in [1.29, 1.82) is 0 Å². The summed E-state index contributed by atoms with van der Waals surface area (Å²) in [6.07, 6.45) is 0. The van der Waals surface area contributed by atoms with Crippen molar-refractivity contribution in [3.63, 3.8) is 0 Å². The maximum atomic E-state index is 10.8. The average molecular weight is 252 g/mol. The second-order valence-corrected chi connectivity index (χ2v) is 5.21. The summed E-state index contributed by atoms with van der Waals surface area (Å²) in [4.78, 5) is 20.9. The predicted molar refractivity (Wildman–Crippen MR) is 68.0 cm³/mol. The summed E-state index contributed by atoms with van der Waals surface area (Å²) in [6.45, 7) is 6.72. The van der Waals surface area contributed by atoms with E-state index in [1.54, 1.807) is 0 Å². The van der Waals surface area contributed by atoms with Gasteiger partial charge in [0.2, 0.25) is 0 Å². The van der Waals surface area contributed by atoms with Crippen LogP contribution >= 0.6 is 0 Å². The summed E-state index contributed by atoms with van der Waals surface area (Å²) in [5, 5.41) is 22.7. The largest absolute Gasteiger partial charge is 0.477 e. The van der Waals surface area contributed by atoms with Gasteiger partial charge in [0.1, 0.15) is 5.56 Å². The summed E-state index contributed by atoms with van der Waals surface area (Å²) in [5.74, 6) is -1.30. The highest BCUT2D eigenvalue weighted by Gasteiger charge is 2.20. The SMILES string of the molecule is CC(C)(C)CNc1ccc(C(=O)O)c([N+](=O)[O-])c1. The molecule has 98 valence electrons. The van der Waals surface area contributed by atoms with Gasteiger partial charge >= 0.3 is 5.97 Å². The van der Waals surface area contributed by atoms with Gasteiger partial charge in [0.25, 0.3) is 5.69 Å². The quantitative estimate of drug-likeness (QED) is 0.635. The van der Waals surface area contributed by atoms with E-state index in [9.17, 15) is 14.9 Å². The zero-order valence-electron chi connectivity index (χ0n) is 10.6. The molecule has 18 heavy (non-hydrogen) atoms. The van der Waals surface area contributed by atoms with E-state index in [1.165, 1.54) is 18.2 Å². The van der Waals surface area contributed by atoms with Crippen LogP contribution in [0.2, 0.25) is 0 Å². The predicted octanol–water partition coefficient (Wildman–Crippen LogP) is 2.75. The molecule has 0 fully saturated rings. The fourth-order valence-electron chi connectivity index (χ4n) is 1.34. The zero-order chi connectivity index (χ0) is 13.9. The summed E-state index contributed by atoms with van der Waals surface area (Å²) in [6, 6.07) is 4.02. The van der Waals surface area contributed by atoms with E-state index >= 15 is 0 Å². The maximum absolute atomic E-state index is 10.8. The lowest BCUT2D eigenvalue weighted by molar-refractivity contribution is -0.385. The fourth-order valence-corrected chi connectivity index (χ4v) is 1.34. The van der Waals surface area contributed by atoms with E-state index in [-0.39, 0.29) is 11.0 Å². The third kappa shape index (κ3) is 3.73. The minimum Gasteiger partial charge on any atom is -0.477 e. The van der Waals surface area contributed by atoms with Crippen molar-refractivity contribution < 1.29 is 14.8 Å². The lowest BCUT2D eigenvalue weighted by Gasteiger charge is -2.19. The van der Waals surface area contributed by atoms with Crippen molar-refractivity contribution in [1.82, 2.24) is 0 Å². The summed E-state index contributed by atoms with van der Waals surface area (Å²) < 4.78 is 0. The van der Waals surface area contributed by atoms with E-state index in [0.717, 1.165) is 0 Å². The highest BCUT2D eigenvalue weighted by atomic mass is 16.6. The molecule has 6 heteroatoms. The molecule has 0 heterocycles. The number of nitrogens with one attached hydrogen (secondary N) is 1. The first-order valence-electron chi connectivity index (χ1n) is 5.46. The van der Waals surface area contributed by atoms with Crippen LogP contribution in [0.5, 0.6) is 0 Å². The number of carboxylic acids is 1.